The van der Waals surface area contributed by atoms with Crippen LogP contribution in [0.1, 0.15) is 11.6 Å². The molecule has 1 aliphatic rings. The minimum absolute atomic E-state index is 0.406. The minimum atomic E-state index is -2.51. The SMILES string of the molecule is FC(F)[C@H](c1ccc(Oc2ccccc2)c(Oc2ccccc2)c1)N1CCNCC1. The summed E-state index contributed by atoms with van der Waals surface area (Å²) in [7, 11) is 0. The van der Waals surface area contributed by atoms with Gasteiger partial charge in [0.25, 0.3) is 6.43 Å². The summed E-state index contributed by atoms with van der Waals surface area (Å²) >= 11 is 0. The maximum absolute atomic E-state index is 14.0. The van der Waals surface area contributed by atoms with Crippen molar-refractivity contribution in [1.82, 2.24) is 10.2 Å². The van der Waals surface area contributed by atoms with Crippen LogP contribution in [-0.2, 0) is 0 Å². The number of benzene rings is 3. The lowest BCUT2D eigenvalue weighted by molar-refractivity contribution is 0.0181. The van der Waals surface area contributed by atoms with Crippen molar-refractivity contribution in [3.8, 4) is 23.0 Å². The number of rotatable bonds is 7. The van der Waals surface area contributed by atoms with Crippen LogP contribution in [-0.4, -0.2) is 37.5 Å². The van der Waals surface area contributed by atoms with E-state index < -0.39 is 12.5 Å². The lowest BCUT2D eigenvalue weighted by Crippen LogP contribution is -2.46. The van der Waals surface area contributed by atoms with Crippen molar-refractivity contribution >= 4 is 0 Å². The fraction of sp³-hybridized carbons (Fsp3) is 0.250. The number of hydrogen-bond donors (Lipinski definition) is 1. The number of halogens is 2. The van der Waals surface area contributed by atoms with Gasteiger partial charge in [0.1, 0.15) is 11.5 Å². The molecule has 0 amide bonds. The molecular formula is C24H24F2N2O2. The zero-order valence-corrected chi connectivity index (χ0v) is 16.5. The zero-order valence-electron chi connectivity index (χ0n) is 16.5. The Bertz CT molecular complexity index is 932. The average molecular weight is 410 g/mol. The number of ether oxygens (including phenoxy) is 2. The summed E-state index contributed by atoms with van der Waals surface area (Å²) < 4.78 is 40.1. The van der Waals surface area contributed by atoms with Crippen LogP contribution in [0.4, 0.5) is 8.78 Å². The number of hydrogen-bond acceptors (Lipinski definition) is 4. The summed E-state index contributed by atoms with van der Waals surface area (Å²) in [6, 6.07) is 22.7. The van der Waals surface area contributed by atoms with Crippen LogP contribution in [0.3, 0.4) is 0 Å². The Morgan fingerprint density at radius 3 is 1.87 bits per heavy atom. The van der Waals surface area contributed by atoms with Crippen molar-refractivity contribution in [2.45, 2.75) is 12.5 Å². The van der Waals surface area contributed by atoms with E-state index in [1.54, 1.807) is 18.2 Å². The lowest BCUT2D eigenvalue weighted by Gasteiger charge is -2.34. The topological polar surface area (TPSA) is 33.7 Å². The number of para-hydroxylation sites is 2. The van der Waals surface area contributed by atoms with Gasteiger partial charge in [0.15, 0.2) is 11.5 Å². The number of piperazine rings is 1. The van der Waals surface area contributed by atoms with E-state index in [-0.39, 0.29) is 0 Å². The highest BCUT2D eigenvalue weighted by Crippen LogP contribution is 2.39. The molecule has 4 nitrogen and oxygen atoms in total. The summed E-state index contributed by atoms with van der Waals surface area (Å²) in [6.45, 7) is 2.55. The van der Waals surface area contributed by atoms with E-state index in [4.69, 9.17) is 9.47 Å². The first-order chi connectivity index (χ1) is 14.7. The molecule has 4 rings (SSSR count). The lowest BCUT2D eigenvalue weighted by atomic mass is 10.0. The van der Waals surface area contributed by atoms with Gasteiger partial charge >= 0.3 is 0 Å². The summed E-state index contributed by atoms with van der Waals surface area (Å²) in [5.41, 5.74) is 0.512. The van der Waals surface area contributed by atoms with Crippen LogP contribution in [0.25, 0.3) is 0 Å². The molecule has 1 heterocycles. The molecule has 30 heavy (non-hydrogen) atoms. The van der Waals surface area contributed by atoms with Crippen molar-refractivity contribution in [3.05, 3.63) is 84.4 Å². The molecule has 0 saturated carbocycles. The molecule has 1 saturated heterocycles. The van der Waals surface area contributed by atoms with Crippen LogP contribution in [0.2, 0.25) is 0 Å². The Balaban J connectivity index is 1.68. The maximum atomic E-state index is 14.0. The van der Waals surface area contributed by atoms with Gasteiger partial charge < -0.3 is 14.8 Å². The van der Waals surface area contributed by atoms with E-state index in [0.29, 0.717) is 54.7 Å². The van der Waals surface area contributed by atoms with E-state index in [1.165, 1.54) is 0 Å². The van der Waals surface area contributed by atoms with Crippen molar-refractivity contribution in [2.75, 3.05) is 26.2 Å². The van der Waals surface area contributed by atoms with Crippen molar-refractivity contribution in [1.29, 1.82) is 0 Å². The second-order valence-corrected chi connectivity index (χ2v) is 7.10. The van der Waals surface area contributed by atoms with Crippen molar-refractivity contribution < 1.29 is 18.3 Å². The van der Waals surface area contributed by atoms with Crippen LogP contribution < -0.4 is 14.8 Å². The second-order valence-electron chi connectivity index (χ2n) is 7.10. The molecule has 1 N–H and O–H groups in total. The van der Waals surface area contributed by atoms with Crippen molar-refractivity contribution in [3.63, 3.8) is 0 Å². The summed E-state index contributed by atoms with van der Waals surface area (Å²) in [5, 5.41) is 3.21. The average Bonchev–Trinajstić information content (AvgIpc) is 2.77. The van der Waals surface area contributed by atoms with Crippen LogP contribution in [0.15, 0.2) is 78.9 Å². The van der Waals surface area contributed by atoms with E-state index in [0.717, 1.165) is 0 Å². The predicted octanol–water partition coefficient (Wildman–Crippen LogP) is 5.48. The Hall–Kier alpha value is -2.96. The first kappa shape index (κ1) is 20.3. The number of nitrogens with one attached hydrogen (secondary N) is 1. The second kappa shape index (κ2) is 9.69. The maximum Gasteiger partial charge on any atom is 0.258 e. The quantitative estimate of drug-likeness (QED) is 0.559. The standard InChI is InChI=1S/C24H24F2N2O2/c25-24(26)23(28-15-13-27-14-16-28)18-11-12-21(29-19-7-3-1-4-8-19)22(17-18)30-20-9-5-2-6-10-20/h1-12,17,23-24,27H,13-16H2/t23-/m0/s1. The van der Waals surface area contributed by atoms with E-state index in [1.807, 2.05) is 65.6 Å². The van der Waals surface area contributed by atoms with Crippen LogP contribution in [0.5, 0.6) is 23.0 Å². The molecule has 0 spiro atoms. The Kier molecular flexibility index (Phi) is 6.57. The molecule has 1 fully saturated rings. The van der Waals surface area contributed by atoms with Gasteiger partial charge in [-0.05, 0) is 42.0 Å². The molecule has 0 bridgehead atoms. The first-order valence-electron chi connectivity index (χ1n) is 10.0. The molecule has 0 unspecified atom stereocenters. The molecule has 3 aromatic rings. The monoisotopic (exact) mass is 410 g/mol. The summed E-state index contributed by atoms with van der Waals surface area (Å²) in [5.74, 6) is 2.14. The Morgan fingerprint density at radius 2 is 1.30 bits per heavy atom. The van der Waals surface area contributed by atoms with E-state index >= 15 is 0 Å². The molecule has 156 valence electrons. The normalized spacial score (nSPS) is 15.7. The van der Waals surface area contributed by atoms with Gasteiger partial charge in [-0.2, -0.15) is 0 Å². The van der Waals surface area contributed by atoms with Gasteiger partial charge in [-0.25, -0.2) is 8.78 Å². The highest BCUT2D eigenvalue weighted by Gasteiger charge is 2.31. The molecule has 3 aromatic carbocycles. The molecule has 0 aliphatic carbocycles. The van der Waals surface area contributed by atoms with Gasteiger partial charge in [0, 0.05) is 26.2 Å². The first-order valence-corrected chi connectivity index (χ1v) is 10.0. The number of alkyl halides is 2. The third-order valence-corrected chi connectivity index (χ3v) is 5.03. The Labute approximate surface area is 175 Å². The molecule has 6 heteroatoms. The largest absolute Gasteiger partial charge is 0.453 e. The molecule has 0 aromatic heterocycles. The highest BCUT2D eigenvalue weighted by molar-refractivity contribution is 5.48. The van der Waals surface area contributed by atoms with Gasteiger partial charge in [0.2, 0.25) is 0 Å². The van der Waals surface area contributed by atoms with Gasteiger partial charge in [-0.3, -0.25) is 4.90 Å². The number of nitrogens with zero attached hydrogens (tertiary/aromatic N) is 1. The van der Waals surface area contributed by atoms with E-state index in [9.17, 15) is 8.78 Å². The van der Waals surface area contributed by atoms with Crippen LogP contribution in [0, 0.1) is 0 Å². The summed E-state index contributed by atoms with van der Waals surface area (Å²) in [4.78, 5) is 1.82. The molecule has 1 atom stereocenters. The zero-order chi connectivity index (χ0) is 20.8. The van der Waals surface area contributed by atoms with E-state index in [2.05, 4.69) is 5.32 Å². The molecular weight excluding hydrogens is 386 g/mol. The third kappa shape index (κ3) is 4.96. The fourth-order valence-corrected chi connectivity index (χ4v) is 3.58. The molecule has 1 aliphatic heterocycles. The van der Waals surface area contributed by atoms with Gasteiger partial charge in [-0.1, -0.05) is 42.5 Å². The molecule has 0 radical (unpaired) electrons. The summed E-state index contributed by atoms with van der Waals surface area (Å²) in [6.07, 6.45) is -2.51. The van der Waals surface area contributed by atoms with Crippen molar-refractivity contribution in [2.24, 2.45) is 0 Å². The highest BCUT2D eigenvalue weighted by atomic mass is 19.3. The smallest absolute Gasteiger partial charge is 0.258 e. The van der Waals surface area contributed by atoms with Gasteiger partial charge in [0.05, 0.1) is 6.04 Å². The van der Waals surface area contributed by atoms with Crippen LogP contribution >= 0.6 is 0 Å². The minimum Gasteiger partial charge on any atom is -0.453 e. The Morgan fingerprint density at radius 1 is 0.733 bits per heavy atom. The van der Waals surface area contributed by atoms with Gasteiger partial charge in [-0.15, -0.1) is 0 Å². The fourth-order valence-electron chi connectivity index (χ4n) is 3.58. The predicted molar refractivity (Wildman–Crippen MR) is 113 cm³/mol. The third-order valence-electron chi connectivity index (χ3n) is 5.03.